The summed E-state index contributed by atoms with van der Waals surface area (Å²) in [4.78, 5) is 5.96. The first kappa shape index (κ1) is 17.6. The predicted molar refractivity (Wildman–Crippen MR) is 97.2 cm³/mol. The second-order valence-electron chi connectivity index (χ2n) is 6.34. The Morgan fingerprint density at radius 2 is 2.05 bits per heavy atom. The van der Waals surface area contributed by atoms with Crippen molar-refractivity contribution in [3.63, 3.8) is 0 Å². The van der Waals surface area contributed by atoms with Gasteiger partial charge < -0.3 is 10.3 Å². The van der Waals surface area contributed by atoms with Gasteiger partial charge >= 0.3 is 0 Å². The smallest absolute Gasteiger partial charge is 0.0457 e. The third kappa shape index (κ3) is 3.43. The molecule has 2 aromatic rings. The van der Waals surface area contributed by atoms with Gasteiger partial charge in [0.1, 0.15) is 0 Å². The fourth-order valence-electron chi connectivity index (χ4n) is 3.99. The third-order valence-corrected chi connectivity index (χ3v) is 5.06. The molecule has 3 nitrogen and oxygen atoms in total. The molecule has 5 heteroatoms. The number of fused-ring (bicyclic) bond motifs is 2. The summed E-state index contributed by atoms with van der Waals surface area (Å²) in [6.07, 6.45) is 6.12. The number of nitrogens with one attached hydrogen (secondary N) is 2. The molecule has 22 heavy (non-hydrogen) atoms. The number of aromatic nitrogens is 1. The maximum absolute atomic E-state index is 3.70. The number of piperidine rings is 2. The molecule has 2 N–H and O–H groups in total. The van der Waals surface area contributed by atoms with Crippen LogP contribution in [-0.2, 0) is 6.54 Å². The van der Waals surface area contributed by atoms with Crippen molar-refractivity contribution in [1.82, 2.24) is 15.2 Å². The van der Waals surface area contributed by atoms with Crippen molar-refractivity contribution >= 4 is 35.7 Å². The number of halogens is 2. The topological polar surface area (TPSA) is 31.1 Å². The zero-order valence-electron chi connectivity index (χ0n) is 12.8. The Kier molecular flexibility index (Phi) is 6.16. The lowest BCUT2D eigenvalue weighted by molar-refractivity contribution is 0.109. The molecule has 4 rings (SSSR count). The zero-order valence-corrected chi connectivity index (χ0v) is 14.4. The first-order valence-electron chi connectivity index (χ1n) is 7.91. The van der Waals surface area contributed by atoms with Crippen LogP contribution in [0.25, 0.3) is 10.9 Å². The highest BCUT2D eigenvalue weighted by atomic mass is 35.5. The third-order valence-electron chi connectivity index (χ3n) is 5.06. The van der Waals surface area contributed by atoms with Crippen molar-refractivity contribution in [3.05, 3.63) is 36.0 Å². The summed E-state index contributed by atoms with van der Waals surface area (Å²) in [6, 6.07) is 9.60. The van der Waals surface area contributed by atoms with Crippen LogP contribution in [0.15, 0.2) is 30.5 Å². The van der Waals surface area contributed by atoms with Crippen molar-refractivity contribution in [2.45, 2.75) is 31.8 Å². The van der Waals surface area contributed by atoms with Crippen LogP contribution in [0, 0.1) is 5.92 Å². The lowest BCUT2D eigenvalue weighted by atomic mass is 9.85. The molecular weight excluding hydrogens is 317 g/mol. The fraction of sp³-hybridized carbons (Fsp3) is 0.529. The molecule has 0 unspecified atom stereocenters. The first-order valence-corrected chi connectivity index (χ1v) is 7.91. The molecule has 2 aliphatic heterocycles. The number of likely N-dealkylation sites (tertiary alicyclic amines) is 1. The Hall–Kier alpha value is -0.740. The molecule has 0 spiro atoms. The SMILES string of the molecule is Cl.Cl.c1cc(CN2CC[C@@H]3NCCC[C@@H]3C2)c2cc[nH]c2c1. The highest BCUT2D eigenvalue weighted by Gasteiger charge is 2.30. The van der Waals surface area contributed by atoms with E-state index in [1.54, 1.807) is 0 Å². The molecule has 122 valence electrons. The van der Waals surface area contributed by atoms with Crippen LogP contribution in [-0.4, -0.2) is 35.6 Å². The van der Waals surface area contributed by atoms with Gasteiger partial charge in [-0.05, 0) is 56.0 Å². The van der Waals surface area contributed by atoms with Gasteiger partial charge in [-0.15, -0.1) is 24.8 Å². The molecule has 0 bridgehead atoms. The van der Waals surface area contributed by atoms with Crippen molar-refractivity contribution in [1.29, 1.82) is 0 Å². The molecule has 2 aliphatic rings. The van der Waals surface area contributed by atoms with E-state index in [1.807, 2.05) is 6.20 Å². The standard InChI is InChI=1S/C17H23N3.2ClH/c1-3-13(15-6-9-19-17(15)5-1)11-20-10-7-16-14(12-20)4-2-8-18-16;;/h1,3,5-6,9,14,16,18-19H,2,4,7-8,10-12H2;2*1H/t14-,16+;;/m1../s1. The van der Waals surface area contributed by atoms with Crippen LogP contribution in [0.1, 0.15) is 24.8 Å². The zero-order chi connectivity index (χ0) is 13.4. The Labute approximate surface area is 144 Å². The second-order valence-corrected chi connectivity index (χ2v) is 6.34. The van der Waals surface area contributed by atoms with Crippen molar-refractivity contribution in [2.24, 2.45) is 5.92 Å². The predicted octanol–water partition coefficient (Wildman–Crippen LogP) is 3.59. The number of nitrogens with zero attached hydrogens (tertiary/aromatic N) is 1. The molecule has 0 aliphatic carbocycles. The number of aromatic amines is 1. The largest absolute Gasteiger partial charge is 0.361 e. The summed E-state index contributed by atoms with van der Waals surface area (Å²) in [7, 11) is 0. The van der Waals surface area contributed by atoms with E-state index in [4.69, 9.17) is 0 Å². The Balaban J connectivity index is 0.000000882. The van der Waals surface area contributed by atoms with Gasteiger partial charge in [0.05, 0.1) is 0 Å². The van der Waals surface area contributed by atoms with Gasteiger partial charge in [-0.1, -0.05) is 12.1 Å². The molecule has 2 atom stereocenters. The maximum Gasteiger partial charge on any atom is 0.0457 e. The van der Waals surface area contributed by atoms with Crippen LogP contribution in [0.4, 0.5) is 0 Å². The number of H-pyrrole nitrogens is 1. The Morgan fingerprint density at radius 3 is 2.95 bits per heavy atom. The maximum atomic E-state index is 3.70. The average Bonchev–Trinajstić information content (AvgIpc) is 2.97. The number of benzene rings is 1. The lowest BCUT2D eigenvalue weighted by Crippen LogP contribution is -2.51. The summed E-state index contributed by atoms with van der Waals surface area (Å²) < 4.78 is 0. The van der Waals surface area contributed by atoms with Gasteiger partial charge in [-0.25, -0.2) is 0 Å². The van der Waals surface area contributed by atoms with Gasteiger partial charge in [0.15, 0.2) is 0 Å². The summed E-state index contributed by atoms with van der Waals surface area (Å²) in [5.74, 6) is 0.864. The fourth-order valence-corrected chi connectivity index (χ4v) is 3.99. The summed E-state index contributed by atoms with van der Waals surface area (Å²) in [5, 5.41) is 5.08. The van der Waals surface area contributed by atoms with E-state index in [0.717, 1.165) is 18.5 Å². The normalized spacial score (nSPS) is 25.1. The van der Waals surface area contributed by atoms with Crippen molar-refractivity contribution in [2.75, 3.05) is 19.6 Å². The van der Waals surface area contributed by atoms with Gasteiger partial charge in [0.25, 0.3) is 0 Å². The van der Waals surface area contributed by atoms with Crippen LogP contribution in [0.3, 0.4) is 0 Å². The molecule has 3 heterocycles. The van der Waals surface area contributed by atoms with Crippen LogP contribution < -0.4 is 5.32 Å². The van der Waals surface area contributed by atoms with Gasteiger partial charge in [-0.2, -0.15) is 0 Å². The van der Waals surface area contributed by atoms with E-state index in [2.05, 4.69) is 39.5 Å². The quantitative estimate of drug-likeness (QED) is 0.874. The molecule has 0 radical (unpaired) electrons. The van der Waals surface area contributed by atoms with Crippen molar-refractivity contribution in [3.8, 4) is 0 Å². The lowest BCUT2D eigenvalue weighted by Gasteiger charge is -2.41. The van der Waals surface area contributed by atoms with E-state index in [9.17, 15) is 0 Å². The number of hydrogen-bond donors (Lipinski definition) is 2. The molecule has 2 saturated heterocycles. The van der Waals surface area contributed by atoms with Crippen molar-refractivity contribution < 1.29 is 0 Å². The summed E-state index contributed by atoms with van der Waals surface area (Å²) in [6.45, 7) is 4.82. The summed E-state index contributed by atoms with van der Waals surface area (Å²) >= 11 is 0. The molecule has 0 saturated carbocycles. The molecule has 0 amide bonds. The molecule has 1 aromatic carbocycles. The minimum atomic E-state index is 0. The second kappa shape index (κ2) is 7.69. The minimum Gasteiger partial charge on any atom is -0.361 e. The van der Waals surface area contributed by atoms with Gasteiger partial charge in [0, 0.05) is 36.2 Å². The number of hydrogen-bond acceptors (Lipinski definition) is 2. The highest BCUT2D eigenvalue weighted by Crippen LogP contribution is 2.27. The molecule has 1 aromatic heterocycles. The highest BCUT2D eigenvalue weighted by molar-refractivity contribution is 5.85. The first-order chi connectivity index (χ1) is 9.90. The Morgan fingerprint density at radius 1 is 1.14 bits per heavy atom. The minimum absolute atomic E-state index is 0. The Bertz CT molecular complexity index is 598. The number of rotatable bonds is 2. The molecule has 2 fully saturated rings. The van der Waals surface area contributed by atoms with E-state index in [1.165, 1.54) is 55.4 Å². The average molecular weight is 342 g/mol. The van der Waals surface area contributed by atoms with Gasteiger partial charge in [0.2, 0.25) is 0 Å². The van der Waals surface area contributed by atoms with E-state index < -0.39 is 0 Å². The van der Waals surface area contributed by atoms with Crippen LogP contribution in [0.2, 0.25) is 0 Å². The van der Waals surface area contributed by atoms with Crippen LogP contribution >= 0.6 is 24.8 Å². The van der Waals surface area contributed by atoms with E-state index >= 15 is 0 Å². The molecular formula is C17H25Cl2N3. The van der Waals surface area contributed by atoms with E-state index in [-0.39, 0.29) is 24.8 Å². The monoisotopic (exact) mass is 341 g/mol. The van der Waals surface area contributed by atoms with Gasteiger partial charge in [-0.3, -0.25) is 4.90 Å². The van der Waals surface area contributed by atoms with E-state index in [0.29, 0.717) is 0 Å². The summed E-state index contributed by atoms with van der Waals surface area (Å²) in [5.41, 5.74) is 2.72. The van der Waals surface area contributed by atoms with Crippen LogP contribution in [0.5, 0.6) is 0 Å².